The lowest BCUT2D eigenvalue weighted by Crippen LogP contribution is -2.07. The van der Waals surface area contributed by atoms with E-state index in [0.29, 0.717) is 0 Å². The van der Waals surface area contributed by atoms with Crippen LogP contribution in [0, 0.1) is 12.8 Å². The van der Waals surface area contributed by atoms with Gasteiger partial charge in [0.25, 0.3) is 0 Å². The van der Waals surface area contributed by atoms with Crippen molar-refractivity contribution in [1.29, 1.82) is 0 Å². The van der Waals surface area contributed by atoms with E-state index >= 15 is 0 Å². The van der Waals surface area contributed by atoms with E-state index in [2.05, 4.69) is 31.2 Å². The highest BCUT2D eigenvalue weighted by molar-refractivity contribution is 5.74. The average molecular weight is 212 g/mol. The lowest BCUT2D eigenvalue weighted by molar-refractivity contribution is 0.429. The molecule has 2 aliphatic rings. The van der Waals surface area contributed by atoms with Gasteiger partial charge in [0.15, 0.2) is 0 Å². The summed E-state index contributed by atoms with van der Waals surface area (Å²) in [4.78, 5) is 0. The minimum atomic E-state index is 0.859. The molecule has 0 aliphatic heterocycles. The van der Waals surface area contributed by atoms with Crippen LogP contribution >= 0.6 is 0 Å². The summed E-state index contributed by atoms with van der Waals surface area (Å²) in [5.74, 6) is 0.859. The van der Waals surface area contributed by atoms with Crippen LogP contribution in [0.4, 0.5) is 0 Å². The molecule has 0 saturated heterocycles. The molecule has 1 aromatic carbocycles. The van der Waals surface area contributed by atoms with Crippen molar-refractivity contribution in [2.75, 3.05) is 0 Å². The summed E-state index contributed by atoms with van der Waals surface area (Å²) in [6, 6.07) is 6.97. The number of hydrogen-bond acceptors (Lipinski definition) is 0. The molecule has 1 aromatic rings. The van der Waals surface area contributed by atoms with Gasteiger partial charge < -0.3 is 0 Å². The monoisotopic (exact) mass is 212 g/mol. The molecule has 0 heterocycles. The van der Waals surface area contributed by atoms with Crippen molar-refractivity contribution >= 4 is 5.57 Å². The lowest BCUT2D eigenvalue weighted by atomic mass is 9.82. The van der Waals surface area contributed by atoms with Crippen LogP contribution in [0.1, 0.15) is 48.8 Å². The molecule has 0 nitrogen and oxygen atoms in total. The highest BCUT2D eigenvalue weighted by Crippen LogP contribution is 2.40. The van der Waals surface area contributed by atoms with Crippen LogP contribution < -0.4 is 0 Å². The number of hydrogen-bond donors (Lipinski definition) is 0. The maximum atomic E-state index is 2.49. The predicted octanol–water partition coefficient (Wildman–Crippen LogP) is 4.51. The fourth-order valence-corrected chi connectivity index (χ4v) is 3.30. The molecule has 0 unspecified atom stereocenters. The van der Waals surface area contributed by atoms with Crippen LogP contribution in [0.5, 0.6) is 0 Å². The second kappa shape index (κ2) is 4.08. The standard InChI is InChI=1S/C16H20/c1-12-7-9-16-14(11-12)8-10-15(16)13-5-3-2-4-6-13/h7,9-11,13H,2-6,8H2,1H3. The van der Waals surface area contributed by atoms with Gasteiger partial charge in [-0.2, -0.15) is 0 Å². The van der Waals surface area contributed by atoms with Gasteiger partial charge >= 0.3 is 0 Å². The van der Waals surface area contributed by atoms with Gasteiger partial charge in [-0.15, -0.1) is 0 Å². The molecule has 1 saturated carbocycles. The summed E-state index contributed by atoms with van der Waals surface area (Å²) in [5.41, 5.74) is 6.17. The normalized spacial score (nSPS) is 20.7. The van der Waals surface area contributed by atoms with Gasteiger partial charge in [0.1, 0.15) is 0 Å². The van der Waals surface area contributed by atoms with E-state index in [1.165, 1.54) is 44.1 Å². The molecule has 0 aromatic heterocycles. The summed E-state index contributed by atoms with van der Waals surface area (Å²) in [7, 11) is 0. The Kier molecular flexibility index (Phi) is 2.59. The Labute approximate surface area is 98.4 Å². The summed E-state index contributed by atoms with van der Waals surface area (Å²) < 4.78 is 0. The minimum absolute atomic E-state index is 0.859. The molecule has 0 amide bonds. The van der Waals surface area contributed by atoms with Crippen LogP contribution in [0.2, 0.25) is 0 Å². The largest absolute Gasteiger partial charge is 0.0760 e. The highest BCUT2D eigenvalue weighted by Gasteiger charge is 2.23. The van der Waals surface area contributed by atoms with E-state index in [-0.39, 0.29) is 0 Å². The molecule has 0 bridgehead atoms. The van der Waals surface area contributed by atoms with Gasteiger partial charge in [-0.3, -0.25) is 0 Å². The molecular formula is C16H20. The molecule has 3 rings (SSSR count). The summed E-state index contributed by atoms with van der Waals surface area (Å²) in [6.07, 6.45) is 10.8. The minimum Gasteiger partial charge on any atom is -0.0760 e. The Hall–Kier alpha value is -1.04. The smallest absolute Gasteiger partial charge is 0.00852 e. The van der Waals surface area contributed by atoms with Gasteiger partial charge in [0.2, 0.25) is 0 Å². The van der Waals surface area contributed by atoms with E-state index < -0.39 is 0 Å². The maximum Gasteiger partial charge on any atom is -0.00852 e. The highest BCUT2D eigenvalue weighted by atomic mass is 14.3. The number of aryl methyl sites for hydroxylation is 1. The SMILES string of the molecule is Cc1ccc2c(c1)CC=C2C1CCCCC1. The molecule has 2 aliphatic carbocycles. The van der Waals surface area contributed by atoms with Crippen LogP contribution in [-0.2, 0) is 6.42 Å². The van der Waals surface area contributed by atoms with Crippen molar-refractivity contribution in [3.63, 3.8) is 0 Å². The van der Waals surface area contributed by atoms with Crippen molar-refractivity contribution in [3.05, 3.63) is 41.0 Å². The third kappa shape index (κ3) is 1.71. The van der Waals surface area contributed by atoms with Crippen molar-refractivity contribution in [2.45, 2.75) is 45.4 Å². The molecule has 1 fully saturated rings. The first-order valence-electron chi connectivity index (χ1n) is 6.64. The van der Waals surface area contributed by atoms with E-state index in [4.69, 9.17) is 0 Å². The predicted molar refractivity (Wildman–Crippen MR) is 69.4 cm³/mol. The lowest BCUT2D eigenvalue weighted by Gasteiger charge is -2.23. The number of fused-ring (bicyclic) bond motifs is 1. The molecule has 0 N–H and O–H groups in total. The molecule has 0 spiro atoms. The molecule has 0 heteroatoms. The first kappa shape index (κ1) is 10.1. The first-order chi connectivity index (χ1) is 7.84. The van der Waals surface area contributed by atoms with Crippen LogP contribution in [0.3, 0.4) is 0 Å². The Balaban J connectivity index is 1.89. The van der Waals surface area contributed by atoms with Crippen molar-refractivity contribution < 1.29 is 0 Å². The van der Waals surface area contributed by atoms with Crippen LogP contribution in [0.15, 0.2) is 24.3 Å². The van der Waals surface area contributed by atoms with Gasteiger partial charge in [0.05, 0.1) is 0 Å². The first-order valence-corrected chi connectivity index (χ1v) is 6.64. The summed E-state index contributed by atoms with van der Waals surface area (Å²) in [6.45, 7) is 2.19. The molecule has 84 valence electrons. The Bertz CT molecular complexity index is 420. The fraction of sp³-hybridized carbons (Fsp3) is 0.500. The zero-order valence-electron chi connectivity index (χ0n) is 10.1. The Morgan fingerprint density at radius 2 is 1.88 bits per heavy atom. The van der Waals surface area contributed by atoms with Crippen molar-refractivity contribution in [3.8, 4) is 0 Å². The number of benzene rings is 1. The third-order valence-electron chi connectivity index (χ3n) is 4.16. The number of rotatable bonds is 1. The third-order valence-corrected chi connectivity index (χ3v) is 4.16. The van der Waals surface area contributed by atoms with Crippen molar-refractivity contribution in [1.82, 2.24) is 0 Å². The van der Waals surface area contributed by atoms with E-state index in [1.807, 2.05) is 0 Å². The Morgan fingerprint density at radius 3 is 2.69 bits per heavy atom. The summed E-state index contributed by atoms with van der Waals surface area (Å²) >= 11 is 0. The van der Waals surface area contributed by atoms with Crippen LogP contribution in [0.25, 0.3) is 5.57 Å². The van der Waals surface area contributed by atoms with E-state index in [9.17, 15) is 0 Å². The maximum absolute atomic E-state index is 2.49. The van der Waals surface area contributed by atoms with Gasteiger partial charge in [-0.1, -0.05) is 49.1 Å². The topological polar surface area (TPSA) is 0 Å². The van der Waals surface area contributed by atoms with Gasteiger partial charge in [-0.25, -0.2) is 0 Å². The second-order valence-corrected chi connectivity index (χ2v) is 5.36. The van der Waals surface area contributed by atoms with Crippen LogP contribution in [-0.4, -0.2) is 0 Å². The second-order valence-electron chi connectivity index (χ2n) is 5.36. The zero-order valence-corrected chi connectivity index (χ0v) is 10.1. The van der Waals surface area contributed by atoms with Gasteiger partial charge in [0, 0.05) is 0 Å². The van der Waals surface area contributed by atoms with E-state index in [1.54, 1.807) is 16.7 Å². The van der Waals surface area contributed by atoms with Gasteiger partial charge in [-0.05, 0) is 48.8 Å². The fourth-order valence-electron chi connectivity index (χ4n) is 3.30. The Morgan fingerprint density at radius 1 is 1.06 bits per heavy atom. The number of allylic oxidation sites excluding steroid dienone is 2. The quantitative estimate of drug-likeness (QED) is 0.642. The van der Waals surface area contributed by atoms with E-state index in [0.717, 1.165) is 5.92 Å². The molecular weight excluding hydrogens is 192 g/mol. The summed E-state index contributed by atoms with van der Waals surface area (Å²) in [5, 5.41) is 0. The molecule has 0 radical (unpaired) electrons. The molecule has 0 atom stereocenters. The van der Waals surface area contributed by atoms with Crippen molar-refractivity contribution in [2.24, 2.45) is 5.92 Å². The molecule has 16 heavy (non-hydrogen) atoms. The zero-order chi connectivity index (χ0) is 11.0. The average Bonchev–Trinajstić information content (AvgIpc) is 2.73.